The van der Waals surface area contributed by atoms with Crippen molar-refractivity contribution in [3.05, 3.63) is 35.8 Å². The first kappa shape index (κ1) is 34.1. The van der Waals surface area contributed by atoms with Crippen LogP contribution in [0.5, 0.6) is 5.88 Å². The summed E-state index contributed by atoms with van der Waals surface area (Å²) >= 11 is 0. The van der Waals surface area contributed by atoms with E-state index in [4.69, 9.17) is 10.5 Å². The summed E-state index contributed by atoms with van der Waals surface area (Å²) in [4.78, 5) is 36.0. The van der Waals surface area contributed by atoms with Crippen LogP contribution in [0, 0.1) is 5.92 Å². The predicted molar refractivity (Wildman–Crippen MR) is 151 cm³/mol. The van der Waals surface area contributed by atoms with Crippen molar-refractivity contribution in [1.29, 1.82) is 0 Å². The zero-order chi connectivity index (χ0) is 34.5. The number of carbonyl (C=O) groups is 2. The van der Waals surface area contributed by atoms with Crippen molar-refractivity contribution in [2.45, 2.75) is 56.5 Å². The number of ether oxygens (including phenoxy) is 1. The number of hydrogen-bond acceptors (Lipinski definition) is 9. The largest absolute Gasteiger partial charge is 0.480 e. The highest BCUT2D eigenvalue weighted by molar-refractivity contribution is 5.98. The average molecular weight is 677 g/mol. The molecule has 2 aliphatic heterocycles. The number of nitrogen functional groups attached to an aromatic ring is 1. The first-order chi connectivity index (χ1) is 21.9. The SMILES string of the molecule is COc1ncc(-c2cc(CN3CCCC(C(F)(F)F)C3)c3c(N)ncnn23)cc1C(=O)N[C@@H]1CN(C(=O)[C@@](C)(O)C(F)(F)F)C[C@@H]1F. The number of anilines is 1. The van der Waals surface area contributed by atoms with Gasteiger partial charge in [-0.1, -0.05) is 0 Å². The number of rotatable bonds is 7. The molecule has 0 aliphatic carbocycles. The summed E-state index contributed by atoms with van der Waals surface area (Å²) in [6, 6.07) is 1.54. The number of piperidine rings is 1. The Hall–Kier alpha value is -4.26. The van der Waals surface area contributed by atoms with Gasteiger partial charge in [0.15, 0.2) is 5.82 Å². The average Bonchev–Trinajstić information content (AvgIpc) is 3.56. The number of alkyl halides is 7. The minimum absolute atomic E-state index is 0.0299. The van der Waals surface area contributed by atoms with Crippen LogP contribution in [0.1, 0.15) is 35.7 Å². The standard InChI is InChI=1S/C28H31F7N8O4/c1-26(46,28(33,34)35)25(45)42-11-18(29)19(12-42)40-23(44)17-6-14(8-37-24(17)47-2)20-7-15(21-22(36)38-13-39-43(20)21)9-41-5-3-4-16(10-41)27(30,31)32/h6-8,13,16,18-19,46H,3-5,9-12H2,1-2H3,(H,40,44)(H2,36,38,39)/t16?,18-,19+,26+/m0/s1. The molecule has 4 atom stereocenters. The normalized spacial score (nSPS) is 22.3. The molecule has 3 aromatic rings. The van der Waals surface area contributed by atoms with Gasteiger partial charge in [-0.3, -0.25) is 14.5 Å². The molecule has 0 saturated carbocycles. The highest BCUT2D eigenvalue weighted by Gasteiger charge is 2.58. The summed E-state index contributed by atoms with van der Waals surface area (Å²) in [5.74, 6) is -4.29. The van der Waals surface area contributed by atoms with E-state index in [-0.39, 0.29) is 49.3 Å². The van der Waals surface area contributed by atoms with Crippen LogP contribution in [0.15, 0.2) is 24.7 Å². The quantitative estimate of drug-likeness (QED) is 0.321. The second-order valence-corrected chi connectivity index (χ2v) is 11.7. The van der Waals surface area contributed by atoms with Gasteiger partial charge in [0, 0.05) is 31.4 Å². The van der Waals surface area contributed by atoms with Crippen LogP contribution in [0.4, 0.5) is 36.6 Å². The lowest BCUT2D eigenvalue weighted by atomic mass is 9.97. The second kappa shape index (κ2) is 12.4. The zero-order valence-corrected chi connectivity index (χ0v) is 25.1. The van der Waals surface area contributed by atoms with Gasteiger partial charge in [-0.15, -0.1) is 0 Å². The number of halogens is 7. The lowest BCUT2D eigenvalue weighted by Crippen LogP contribution is -2.56. The smallest absolute Gasteiger partial charge is 0.426 e. The van der Waals surface area contributed by atoms with Gasteiger partial charge in [0.25, 0.3) is 11.8 Å². The van der Waals surface area contributed by atoms with Crippen molar-refractivity contribution in [3.63, 3.8) is 0 Å². The first-order valence-corrected chi connectivity index (χ1v) is 14.4. The molecule has 2 amide bonds. The molecule has 19 heteroatoms. The molecule has 1 unspecified atom stereocenters. The Bertz CT molecular complexity index is 1660. The van der Waals surface area contributed by atoms with Crippen molar-refractivity contribution in [2.75, 3.05) is 39.0 Å². The Labute approximate surface area is 262 Å². The molecule has 0 radical (unpaired) electrons. The maximum Gasteiger partial charge on any atom is 0.426 e. The summed E-state index contributed by atoms with van der Waals surface area (Å²) < 4.78 is 101. The number of methoxy groups -OCH3 is 1. The summed E-state index contributed by atoms with van der Waals surface area (Å²) in [6.07, 6.45) is -8.71. The molecule has 2 saturated heterocycles. The molecule has 47 heavy (non-hydrogen) atoms. The Kier molecular flexibility index (Phi) is 8.99. The van der Waals surface area contributed by atoms with Gasteiger partial charge in [-0.05, 0) is 44.0 Å². The first-order valence-electron chi connectivity index (χ1n) is 14.4. The minimum Gasteiger partial charge on any atom is -0.480 e. The van der Waals surface area contributed by atoms with Crippen LogP contribution in [0.25, 0.3) is 16.8 Å². The van der Waals surface area contributed by atoms with E-state index >= 15 is 0 Å². The number of fused-ring (bicyclic) bond motifs is 1. The van der Waals surface area contributed by atoms with Crippen molar-refractivity contribution in [1.82, 2.24) is 34.7 Å². The maximum absolute atomic E-state index is 14.9. The van der Waals surface area contributed by atoms with Crippen LogP contribution in [0.2, 0.25) is 0 Å². The van der Waals surface area contributed by atoms with E-state index in [1.165, 1.54) is 30.2 Å². The monoisotopic (exact) mass is 676 g/mol. The summed E-state index contributed by atoms with van der Waals surface area (Å²) in [7, 11) is 1.22. The van der Waals surface area contributed by atoms with Crippen molar-refractivity contribution >= 4 is 23.1 Å². The van der Waals surface area contributed by atoms with Gasteiger partial charge >= 0.3 is 12.4 Å². The van der Waals surface area contributed by atoms with Crippen molar-refractivity contribution < 1.29 is 50.2 Å². The third kappa shape index (κ3) is 6.63. The van der Waals surface area contributed by atoms with Crippen LogP contribution >= 0.6 is 0 Å². The van der Waals surface area contributed by atoms with Crippen LogP contribution < -0.4 is 15.8 Å². The number of aromatic nitrogens is 4. The van der Waals surface area contributed by atoms with Crippen LogP contribution in [0.3, 0.4) is 0 Å². The molecule has 2 aliphatic rings. The molecule has 4 N–H and O–H groups in total. The fraction of sp³-hybridized carbons (Fsp3) is 0.536. The molecule has 5 rings (SSSR count). The van der Waals surface area contributed by atoms with Gasteiger partial charge < -0.3 is 25.8 Å². The number of hydrogen-bond donors (Lipinski definition) is 3. The molecule has 0 aromatic carbocycles. The lowest BCUT2D eigenvalue weighted by molar-refractivity contribution is -0.249. The van der Waals surface area contributed by atoms with Crippen molar-refractivity contribution in [3.8, 4) is 17.1 Å². The predicted octanol–water partition coefficient (Wildman–Crippen LogP) is 2.75. The van der Waals surface area contributed by atoms with E-state index in [2.05, 4.69) is 20.4 Å². The highest BCUT2D eigenvalue weighted by Crippen LogP contribution is 2.36. The maximum atomic E-state index is 14.9. The zero-order valence-electron chi connectivity index (χ0n) is 25.1. The van der Waals surface area contributed by atoms with Gasteiger partial charge in [0.1, 0.15) is 23.6 Å². The van der Waals surface area contributed by atoms with E-state index in [1.807, 2.05) is 0 Å². The van der Waals surface area contributed by atoms with Crippen LogP contribution in [-0.4, -0.2) is 110 Å². The number of aliphatic hydroxyl groups is 1. The van der Waals surface area contributed by atoms with E-state index in [0.717, 1.165) is 0 Å². The fourth-order valence-corrected chi connectivity index (χ4v) is 5.84. The summed E-state index contributed by atoms with van der Waals surface area (Å²) in [5.41, 5.74) is 3.67. The molecular weight excluding hydrogens is 645 g/mol. The Balaban J connectivity index is 1.41. The van der Waals surface area contributed by atoms with E-state index < -0.39 is 61.0 Å². The third-order valence-corrected chi connectivity index (χ3v) is 8.43. The molecule has 256 valence electrons. The number of nitrogens with one attached hydrogen (secondary N) is 1. The molecular formula is C28H31F7N8O4. The highest BCUT2D eigenvalue weighted by atomic mass is 19.4. The number of pyridine rings is 1. The second-order valence-electron chi connectivity index (χ2n) is 11.7. The van der Waals surface area contributed by atoms with Gasteiger partial charge in [0.2, 0.25) is 11.5 Å². The molecule has 0 spiro atoms. The lowest BCUT2D eigenvalue weighted by Gasteiger charge is -2.33. The molecule has 3 aromatic heterocycles. The molecule has 0 bridgehead atoms. The Morgan fingerprint density at radius 3 is 2.51 bits per heavy atom. The van der Waals surface area contributed by atoms with Gasteiger partial charge in [0.05, 0.1) is 31.3 Å². The van der Waals surface area contributed by atoms with E-state index in [9.17, 15) is 45.4 Å². The number of carbonyl (C=O) groups excluding carboxylic acids is 2. The minimum atomic E-state index is -5.31. The molecule has 2 fully saturated rings. The summed E-state index contributed by atoms with van der Waals surface area (Å²) in [6.45, 7) is -0.868. The molecule has 12 nitrogen and oxygen atoms in total. The Morgan fingerprint density at radius 2 is 1.85 bits per heavy atom. The number of likely N-dealkylation sites (tertiary alicyclic amines) is 2. The van der Waals surface area contributed by atoms with Crippen molar-refractivity contribution in [2.24, 2.45) is 5.92 Å². The Morgan fingerprint density at radius 1 is 1.13 bits per heavy atom. The number of nitrogens with two attached hydrogens (primary N) is 1. The van der Waals surface area contributed by atoms with E-state index in [1.54, 1.807) is 11.0 Å². The third-order valence-electron chi connectivity index (χ3n) is 8.43. The van der Waals surface area contributed by atoms with Crippen LogP contribution in [-0.2, 0) is 11.3 Å². The summed E-state index contributed by atoms with van der Waals surface area (Å²) in [5, 5.41) is 16.3. The van der Waals surface area contributed by atoms with E-state index in [0.29, 0.717) is 34.6 Å². The number of amides is 2. The molecule has 5 heterocycles. The van der Waals surface area contributed by atoms with Gasteiger partial charge in [-0.2, -0.15) is 31.4 Å². The topological polar surface area (TPSA) is 151 Å². The van der Waals surface area contributed by atoms with Gasteiger partial charge in [-0.25, -0.2) is 18.9 Å². The fourth-order valence-electron chi connectivity index (χ4n) is 5.84. The number of nitrogens with zero attached hydrogens (tertiary/aromatic N) is 6.